The average Bonchev–Trinajstić information content (AvgIpc) is 2.62. The van der Waals surface area contributed by atoms with Crippen molar-refractivity contribution in [2.45, 2.75) is 6.61 Å². The molecule has 5 heteroatoms. The Bertz CT molecular complexity index is 838. The number of pyridine rings is 1. The van der Waals surface area contributed by atoms with Gasteiger partial charge in [0, 0.05) is 23.4 Å². The van der Waals surface area contributed by atoms with Crippen molar-refractivity contribution in [2.24, 2.45) is 0 Å². The Balaban J connectivity index is 2.01. The molecule has 0 atom stereocenters. The van der Waals surface area contributed by atoms with Gasteiger partial charge in [0.2, 0.25) is 0 Å². The Labute approximate surface area is 149 Å². The Morgan fingerprint density at radius 1 is 1.00 bits per heavy atom. The third-order valence-electron chi connectivity index (χ3n) is 3.62. The Kier molecular flexibility index (Phi) is 5.01. The fourth-order valence-electron chi connectivity index (χ4n) is 2.40. The quantitative estimate of drug-likeness (QED) is 0.693. The molecule has 0 aliphatic carbocycles. The van der Waals surface area contributed by atoms with Crippen LogP contribution in [-0.4, -0.2) is 12.1 Å². The summed E-state index contributed by atoms with van der Waals surface area (Å²) in [5.41, 5.74) is 8.81. The maximum absolute atomic E-state index is 6.05. The van der Waals surface area contributed by atoms with E-state index >= 15 is 0 Å². The van der Waals surface area contributed by atoms with Gasteiger partial charge in [-0.05, 0) is 39.7 Å². The zero-order valence-corrected chi connectivity index (χ0v) is 14.8. The molecule has 0 amide bonds. The molecule has 2 aromatic carbocycles. The largest absolute Gasteiger partial charge is 0.495 e. The van der Waals surface area contributed by atoms with Crippen LogP contribution in [-0.2, 0) is 6.61 Å². The highest BCUT2D eigenvalue weighted by Gasteiger charge is 2.14. The first-order valence-electron chi connectivity index (χ1n) is 7.44. The van der Waals surface area contributed by atoms with Crippen LogP contribution in [0.4, 0.5) is 5.82 Å². The number of anilines is 1. The molecule has 3 aromatic rings. The second kappa shape index (κ2) is 7.36. The van der Waals surface area contributed by atoms with Gasteiger partial charge in [-0.1, -0.05) is 30.3 Å². The van der Waals surface area contributed by atoms with Crippen LogP contribution in [0.15, 0.2) is 65.3 Å². The zero-order valence-electron chi connectivity index (χ0n) is 13.2. The minimum absolute atomic E-state index is 0.457. The van der Waals surface area contributed by atoms with Crippen molar-refractivity contribution in [1.82, 2.24) is 4.98 Å². The molecule has 122 valence electrons. The van der Waals surface area contributed by atoms with E-state index in [9.17, 15) is 0 Å². The number of ether oxygens (including phenoxy) is 2. The normalized spacial score (nSPS) is 10.4. The number of nitrogens with two attached hydrogens (primary N) is 1. The molecule has 0 unspecified atom stereocenters. The monoisotopic (exact) mass is 384 g/mol. The highest BCUT2D eigenvalue weighted by Crippen LogP contribution is 2.40. The maximum atomic E-state index is 6.05. The topological polar surface area (TPSA) is 57.4 Å². The van der Waals surface area contributed by atoms with E-state index in [-0.39, 0.29) is 0 Å². The molecule has 3 rings (SSSR count). The molecule has 0 bridgehead atoms. The number of nitrogens with zero attached hydrogens (tertiary/aromatic N) is 1. The van der Waals surface area contributed by atoms with E-state index in [1.54, 1.807) is 13.3 Å². The fourth-order valence-corrected chi connectivity index (χ4v) is 2.91. The van der Waals surface area contributed by atoms with Gasteiger partial charge in [-0.25, -0.2) is 4.98 Å². The fraction of sp³-hybridized carbons (Fsp3) is 0.105. The summed E-state index contributed by atoms with van der Waals surface area (Å²) >= 11 is 3.52. The maximum Gasteiger partial charge on any atom is 0.136 e. The first-order chi connectivity index (χ1) is 11.7. The summed E-state index contributed by atoms with van der Waals surface area (Å²) in [5, 5.41) is 0. The van der Waals surface area contributed by atoms with Crippen molar-refractivity contribution >= 4 is 21.7 Å². The summed E-state index contributed by atoms with van der Waals surface area (Å²) in [5.74, 6) is 1.85. The Morgan fingerprint density at radius 3 is 2.50 bits per heavy atom. The van der Waals surface area contributed by atoms with Crippen LogP contribution >= 0.6 is 15.9 Å². The number of benzene rings is 2. The van der Waals surface area contributed by atoms with Gasteiger partial charge in [0.15, 0.2) is 0 Å². The molecule has 0 aliphatic heterocycles. The van der Waals surface area contributed by atoms with Crippen molar-refractivity contribution in [3.8, 4) is 22.6 Å². The van der Waals surface area contributed by atoms with Gasteiger partial charge in [-0.2, -0.15) is 0 Å². The highest BCUT2D eigenvalue weighted by molar-refractivity contribution is 9.10. The van der Waals surface area contributed by atoms with Gasteiger partial charge in [-0.3, -0.25) is 0 Å². The van der Waals surface area contributed by atoms with Crippen LogP contribution in [0, 0.1) is 0 Å². The lowest BCUT2D eigenvalue weighted by atomic mass is 10.1. The molecule has 2 N–H and O–H groups in total. The van der Waals surface area contributed by atoms with E-state index in [1.807, 2.05) is 54.6 Å². The molecule has 24 heavy (non-hydrogen) atoms. The predicted molar refractivity (Wildman–Crippen MR) is 99.1 cm³/mol. The molecular weight excluding hydrogens is 368 g/mol. The van der Waals surface area contributed by atoms with Crippen LogP contribution in [0.5, 0.6) is 11.5 Å². The van der Waals surface area contributed by atoms with Gasteiger partial charge < -0.3 is 15.2 Å². The smallest absolute Gasteiger partial charge is 0.136 e. The van der Waals surface area contributed by atoms with Crippen LogP contribution in [0.3, 0.4) is 0 Å². The molecule has 4 nitrogen and oxygen atoms in total. The Hall–Kier alpha value is -2.53. The standard InChI is InChI=1S/C19H17BrN2O2/c1-23-18-11-17(24-12-13-6-3-2-4-7-13)15(10-16(18)20)14-8-5-9-22-19(14)21/h2-11H,12H2,1H3,(H2,21,22). The summed E-state index contributed by atoms with van der Waals surface area (Å²) < 4.78 is 12.3. The molecule has 0 saturated carbocycles. The molecule has 0 radical (unpaired) electrons. The number of hydrogen-bond acceptors (Lipinski definition) is 4. The van der Waals surface area contributed by atoms with Crippen LogP contribution < -0.4 is 15.2 Å². The molecule has 0 spiro atoms. The lowest BCUT2D eigenvalue weighted by molar-refractivity contribution is 0.305. The van der Waals surface area contributed by atoms with Gasteiger partial charge >= 0.3 is 0 Å². The first kappa shape index (κ1) is 16.3. The number of nitrogen functional groups attached to an aromatic ring is 1. The highest BCUT2D eigenvalue weighted by atomic mass is 79.9. The summed E-state index contributed by atoms with van der Waals surface area (Å²) in [4.78, 5) is 4.16. The number of halogens is 1. The lowest BCUT2D eigenvalue weighted by Crippen LogP contribution is -2.00. The number of hydrogen-bond donors (Lipinski definition) is 1. The molecular formula is C19H17BrN2O2. The van der Waals surface area contributed by atoms with Gasteiger partial charge in [0.25, 0.3) is 0 Å². The first-order valence-corrected chi connectivity index (χ1v) is 8.23. The average molecular weight is 385 g/mol. The van der Waals surface area contributed by atoms with Gasteiger partial charge in [-0.15, -0.1) is 0 Å². The van der Waals surface area contributed by atoms with Crippen molar-refractivity contribution in [3.05, 3.63) is 70.8 Å². The van der Waals surface area contributed by atoms with Crippen molar-refractivity contribution in [2.75, 3.05) is 12.8 Å². The van der Waals surface area contributed by atoms with Crippen molar-refractivity contribution in [1.29, 1.82) is 0 Å². The molecule has 1 aromatic heterocycles. The van der Waals surface area contributed by atoms with Crippen LogP contribution in [0.1, 0.15) is 5.56 Å². The number of aromatic nitrogens is 1. The second-order valence-corrected chi connectivity index (χ2v) is 6.05. The molecule has 0 aliphatic rings. The summed E-state index contributed by atoms with van der Waals surface area (Å²) in [6.45, 7) is 0.457. The number of rotatable bonds is 5. The van der Waals surface area contributed by atoms with Crippen molar-refractivity contribution < 1.29 is 9.47 Å². The summed E-state index contributed by atoms with van der Waals surface area (Å²) in [6.07, 6.45) is 1.67. The van der Waals surface area contributed by atoms with Crippen LogP contribution in [0.25, 0.3) is 11.1 Å². The van der Waals surface area contributed by atoms with Crippen molar-refractivity contribution in [3.63, 3.8) is 0 Å². The minimum Gasteiger partial charge on any atom is -0.495 e. The SMILES string of the molecule is COc1cc(OCc2ccccc2)c(-c2cccnc2N)cc1Br. The predicted octanol–water partition coefficient (Wildman–Crippen LogP) is 4.68. The lowest BCUT2D eigenvalue weighted by Gasteiger charge is -2.15. The van der Waals surface area contributed by atoms with Crippen LogP contribution in [0.2, 0.25) is 0 Å². The zero-order chi connectivity index (χ0) is 16.9. The molecule has 0 saturated heterocycles. The van der Waals surface area contributed by atoms with E-state index in [1.165, 1.54) is 0 Å². The van der Waals surface area contributed by atoms with E-state index in [2.05, 4.69) is 20.9 Å². The van der Waals surface area contributed by atoms with E-state index in [0.717, 1.165) is 21.2 Å². The van der Waals surface area contributed by atoms with E-state index in [4.69, 9.17) is 15.2 Å². The summed E-state index contributed by atoms with van der Waals surface area (Å²) in [6, 6.07) is 17.6. The molecule has 1 heterocycles. The number of methoxy groups -OCH3 is 1. The van der Waals surface area contributed by atoms with E-state index < -0.39 is 0 Å². The second-order valence-electron chi connectivity index (χ2n) is 5.19. The summed E-state index contributed by atoms with van der Waals surface area (Å²) in [7, 11) is 1.62. The van der Waals surface area contributed by atoms with E-state index in [0.29, 0.717) is 23.9 Å². The third kappa shape index (κ3) is 3.51. The van der Waals surface area contributed by atoms with Gasteiger partial charge in [0.05, 0.1) is 11.6 Å². The molecule has 0 fully saturated rings. The third-order valence-corrected chi connectivity index (χ3v) is 4.24. The minimum atomic E-state index is 0.457. The Morgan fingerprint density at radius 2 is 1.79 bits per heavy atom. The van der Waals surface area contributed by atoms with Gasteiger partial charge in [0.1, 0.15) is 23.9 Å².